The molecule has 0 bridgehead atoms. The van der Waals surface area contributed by atoms with Gasteiger partial charge in [-0.05, 0) is 17.6 Å². The van der Waals surface area contributed by atoms with Crippen LogP contribution in [0.1, 0.15) is 10.4 Å². The first-order valence-electron chi connectivity index (χ1n) is 3.78. The van der Waals surface area contributed by atoms with Crippen LogP contribution in [0.25, 0.3) is 0 Å². The Balaban J connectivity index is 3.25. The molecule has 1 aromatic carbocycles. The molecule has 2 N–H and O–H groups in total. The molecule has 73 valence electrons. The lowest BCUT2D eigenvalue weighted by molar-refractivity contribution is 0.0955. The Morgan fingerprint density at radius 2 is 1.93 bits per heavy atom. The SMILES string of the molecule is CNC(=O)c1c(F)cc([B]O)cc1F. The third-order valence-electron chi connectivity index (χ3n) is 1.67. The molecule has 0 saturated carbocycles. The summed E-state index contributed by atoms with van der Waals surface area (Å²) < 4.78 is 26.2. The fraction of sp³-hybridized carbons (Fsp3) is 0.125. The molecule has 6 heteroatoms. The fourth-order valence-corrected chi connectivity index (χ4v) is 1.01. The van der Waals surface area contributed by atoms with Gasteiger partial charge in [0, 0.05) is 7.05 Å². The van der Waals surface area contributed by atoms with E-state index in [-0.39, 0.29) is 5.46 Å². The number of carbonyl (C=O) groups excluding carboxylic acids is 1. The van der Waals surface area contributed by atoms with E-state index in [1.165, 1.54) is 7.05 Å². The summed E-state index contributed by atoms with van der Waals surface area (Å²) in [6.07, 6.45) is 0. The minimum Gasteiger partial charge on any atom is -0.450 e. The molecule has 0 aliphatic rings. The van der Waals surface area contributed by atoms with Crippen LogP contribution in [0.3, 0.4) is 0 Å². The van der Waals surface area contributed by atoms with E-state index >= 15 is 0 Å². The van der Waals surface area contributed by atoms with Crippen molar-refractivity contribution in [2.24, 2.45) is 0 Å². The molecule has 0 aliphatic carbocycles. The van der Waals surface area contributed by atoms with Gasteiger partial charge in [0.2, 0.25) is 0 Å². The Labute approximate surface area is 80.0 Å². The summed E-state index contributed by atoms with van der Waals surface area (Å²) in [5.74, 6) is -2.86. The molecule has 3 nitrogen and oxygen atoms in total. The Kier molecular flexibility index (Phi) is 3.19. The van der Waals surface area contributed by atoms with Gasteiger partial charge in [0.25, 0.3) is 5.91 Å². The lowest BCUT2D eigenvalue weighted by atomic mass is 9.87. The fourth-order valence-electron chi connectivity index (χ4n) is 1.01. The van der Waals surface area contributed by atoms with Crippen molar-refractivity contribution < 1.29 is 18.6 Å². The van der Waals surface area contributed by atoms with Gasteiger partial charge >= 0.3 is 7.48 Å². The molecule has 0 unspecified atom stereocenters. The molecule has 1 radical (unpaired) electrons. The summed E-state index contributed by atoms with van der Waals surface area (Å²) in [5.41, 5.74) is -0.689. The number of nitrogens with one attached hydrogen (secondary N) is 1. The van der Waals surface area contributed by atoms with Gasteiger partial charge in [-0.25, -0.2) is 8.78 Å². The van der Waals surface area contributed by atoms with Crippen molar-refractivity contribution in [1.82, 2.24) is 5.32 Å². The van der Waals surface area contributed by atoms with Gasteiger partial charge in [-0.15, -0.1) is 0 Å². The second kappa shape index (κ2) is 4.19. The highest BCUT2D eigenvalue weighted by atomic mass is 19.1. The van der Waals surface area contributed by atoms with Gasteiger partial charge in [-0.2, -0.15) is 0 Å². The van der Waals surface area contributed by atoms with Gasteiger partial charge in [0.15, 0.2) is 0 Å². The predicted molar refractivity (Wildman–Crippen MR) is 47.4 cm³/mol. The van der Waals surface area contributed by atoms with Crippen molar-refractivity contribution in [2.75, 3.05) is 7.05 Å². The van der Waals surface area contributed by atoms with E-state index in [4.69, 9.17) is 5.02 Å². The molecule has 0 atom stereocenters. The van der Waals surface area contributed by atoms with Crippen molar-refractivity contribution in [3.05, 3.63) is 29.3 Å². The van der Waals surface area contributed by atoms with Crippen LogP contribution in [0, 0.1) is 11.6 Å². The molecule has 14 heavy (non-hydrogen) atoms. The average molecular weight is 198 g/mol. The first-order valence-corrected chi connectivity index (χ1v) is 3.78. The van der Waals surface area contributed by atoms with Crippen molar-refractivity contribution >= 4 is 18.9 Å². The molecular formula is C8H7BF2NO2. The molecular weight excluding hydrogens is 191 g/mol. The van der Waals surface area contributed by atoms with Gasteiger partial charge < -0.3 is 10.3 Å². The first kappa shape index (κ1) is 10.7. The van der Waals surface area contributed by atoms with Crippen LogP contribution in [0.4, 0.5) is 8.78 Å². The molecule has 0 saturated heterocycles. The van der Waals surface area contributed by atoms with E-state index in [9.17, 15) is 13.6 Å². The number of rotatable bonds is 2. The quantitative estimate of drug-likeness (QED) is 0.633. The van der Waals surface area contributed by atoms with E-state index in [0.717, 1.165) is 12.1 Å². The summed E-state index contributed by atoms with van der Waals surface area (Å²) in [7, 11) is 1.83. The van der Waals surface area contributed by atoms with E-state index < -0.39 is 23.1 Å². The summed E-state index contributed by atoms with van der Waals surface area (Å²) in [6, 6.07) is 1.74. The highest BCUT2D eigenvalue weighted by molar-refractivity contribution is 6.45. The van der Waals surface area contributed by atoms with Crippen molar-refractivity contribution in [3.8, 4) is 0 Å². The summed E-state index contributed by atoms with van der Waals surface area (Å²) in [4.78, 5) is 11.0. The molecule has 0 fully saturated rings. The third kappa shape index (κ3) is 1.90. The van der Waals surface area contributed by atoms with Gasteiger partial charge in [-0.1, -0.05) is 0 Å². The zero-order valence-electron chi connectivity index (χ0n) is 7.34. The van der Waals surface area contributed by atoms with Crippen LogP contribution in [0.5, 0.6) is 0 Å². The molecule has 1 rings (SSSR count). The first-order chi connectivity index (χ1) is 6.60. The Morgan fingerprint density at radius 1 is 1.43 bits per heavy atom. The van der Waals surface area contributed by atoms with Crippen LogP contribution in [-0.2, 0) is 0 Å². The van der Waals surface area contributed by atoms with E-state index in [2.05, 4.69) is 5.32 Å². The summed E-state index contributed by atoms with van der Waals surface area (Å²) in [6.45, 7) is 0. The maximum atomic E-state index is 13.1. The van der Waals surface area contributed by atoms with Gasteiger partial charge in [0.1, 0.15) is 17.2 Å². The summed E-state index contributed by atoms with van der Waals surface area (Å²) in [5, 5.41) is 10.6. The lowest BCUT2D eigenvalue weighted by Gasteiger charge is -2.04. The monoisotopic (exact) mass is 198 g/mol. The molecule has 0 spiro atoms. The van der Waals surface area contributed by atoms with Crippen LogP contribution < -0.4 is 10.8 Å². The maximum Gasteiger partial charge on any atom is 0.326 e. The van der Waals surface area contributed by atoms with Crippen LogP contribution in [0.15, 0.2) is 12.1 Å². The standard InChI is InChI=1S/C8H7BF2NO2/c1-12-8(13)7-5(10)2-4(9-14)3-6(7)11/h2-3,14H,1H3,(H,12,13). The normalized spacial score (nSPS) is 9.71. The number of hydrogen-bond donors (Lipinski definition) is 2. The zero-order chi connectivity index (χ0) is 10.7. The number of halogens is 2. The third-order valence-corrected chi connectivity index (χ3v) is 1.67. The Morgan fingerprint density at radius 3 is 2.29 bits per heavy atom. The Hall–Kier alpha value is -1.43. The van der Waals surface area contributed by atoms with Crippen molar-refractivity contribution in [3.63, 3.8) is 0 Å². The minimum absolute atomic E-state index is 0.0346. The number of carbonyl (C=O) groups is 1. The molecule has 0 heterocycles. The second-order valence-corrected chi connectivity index (χ2v) is 2.57. The van der Waals surface area contributed by atoms with E-state index in [0.29, 0.717) is 7.48 Å². The van der Waals surface area contributed by atoms with E-state index in [1.54, 1.807) is 0 Å². The second-order valence-electron chi connectivity index (χ2n) is 2.57. The molecule has 0 aromatic heterocycles. The minimum atomic E-state index is -1.01. The Bertz CT molecular complexity index is 347. The smallest absolute Gasteiger partial charge is 0.326 e. The van der Waals surface area contributed by atoms with Gasteiger partial charge in [-0.3, -0.25) is 4.79 Å². The van der Waals surface area contributed by atoms with Crippen molar-refractivity contribution in [1.29, 1.82) is 0 Å². The number of benzene rings is 1. The highest BCUT2D eigenvalue weighted by Crippen LogP contribution is 2.10. The maximum absolute atomic E-state index is 13.1. The van der Waals surface area contributed by atoms with Gasteiger partial charge in [0.05, 0.1) is 0 Å². The van der Waals surface area contributed by atoms with E-state index in [1.807, 2.05) is 0 Å². The van der Waals surface area contributed by atoms with Crippen LogP contribution >= 0.6 is 0 Å². The number of hydrogen-bond acceptors (Lipinski definition) is 2. The molecule has 1 amide bonds. The van der Waals surface area contributed by atoms with Crippen LogP contribution in [-0.4, -0.2) is 25.5 Å². The largest absolute Gasteiger partial charge is 0.450 e. The summed E-state index contributed by atoms with van der Waals surface area (Å²) >= 11 is 0. The molecule has 1 aromatic rings. The lowest BCUT2D eigenvalue weighted by Crippen LogP contribution is -2.24. The highest BCUT2D eigenvalue weighted by Gasteiger charge is 2.17. The zero-order valence-corrected chi connectivity index (χ0v) is 7.34. The topological polar surface area (TPSA) is 49.3 Å². The predicted octanol–water partition coefficient (Wildman–Crippen LogP) is -0.439. The van der Waals surface area contributed by atoms with Crippen molar-refractivity contribution in [2.45, 2.75) is 0 Å². The number of amides is 1. The van der Waals surface area contributed by atoms with Crippen LogP contribution in [0.2, 0.25) is 0 Å². The average Bonchev–Trinajstić information content (AvgIpc) is 2.16. The molecule has 0 aliphatic heterocycles.